The number of ether oxygens (including phenoxy) is 1. The Bertz CT molecular complexity index is 1110. The fraction of sp³-hybridized carbons (Fsp3) is 0.500. The second kappa shape index (κ2) is 7.32. The summed E-state index contributed by atoms with van der Waals surface area (Å²) in [7, 11) is 0. The van der Waals surface area contributed by atoms with Crippen LogP contribution in [0.1, 0.15) is 12.0 Å². The minimum atomic E-state index is -4.51. The summed E-state index contributed by atoms with van der Waals surface area (Å²) in [4.78, 5) is 18.9. The van der Waals surface area contributed by atoms with Crippen LogP contribution in [0.5, 0.6) is 0 Å². The molecule has 3 atom stereocenters. The number of piperidine rings is 1. The van der Waals surface area contributed by atoms with Gasteiger partial charge in [0.1, 0.15) is 11.5 Å². The highest BCUT2D eigenvalue weighted by molar-refractivity contribution is 5.97. The number of hydrogen-bond donors (Lipinski definition) is 2. The average molecular weight is 445 g/mol. The Balaban J connectivity index is 1.44. The van der Waals surface area contributed by atoms with Crippen LogP contribution in [-0.4, -0.2) is 62.5 Å². The molecule has 2 aliphatic heterocycles. The van der Waals surface area contributed by atoms with Gasteiger partial charge in [-0.3, -0.25) is 9.78 Å². The number of aromatic nitrogens is 1. The van der Waals surface area contributed by atoms with Crippen molar-refractivity contribution in [1.82, 2.24) is 15.6 Å². The first-order valence-corrected chi connectivity index (χ1v) is 10.5. The smallest absolute Gasteiger partial charge is 0.378 e. The molecule has 1 aliphatic carbocycles. The first-order valence-electron chi connectivity index (χ1n) is 10.5. The Kier molecular flexibility index (Phi) is 4.80. The van der Waals surface area contributed by atoms with E-state index in [2.05, 4.69) is 21.7 Å². The van der Waals surface area contributed by atoms with E-state index < -0.39 is 22.9 Å². The van der Waals surface area contributed by atoms with Gasteiger partial charge in [-0.2, -0.15) is 18.4 Å². The number of hydrogen-bond acceptors (Lipinski definition) is 6. The van der Waals surface area contributed by atoms with E-state index in [1.807, 2.05) is 0 Å². The molecule has 1 aromatic heterocycles. The molecule has 168 valence electrons. The second-order valence-corrected chi connectivity index (χ2v) is 8.77. The van der Waals surface area contributed by atoms with Crippen molar-refractivity contribution in [3.8, 4) is 6.07 Å². The molecule has 0 radical (unpaired) electrons. The minimum absolute atomic E-state index is 0.0389. The number of morpholine rings is 1. The van der Waals surface area contributed by atoms with Crippen LogP contribution in [0, 0.1) is 22.2 Å². The number of carbonyl (C=O) groups is 1. The number of amides is 1. The number of alkyl halides is 3. The summed E-state index contributed by atoms with van der Waals surface area (Å²) >= 11 is 0. The molecule has 2 N–H and O–H groups in total. The number of nitrogens with one attached hydrogen (secondary N) is 2. The van der Waals surface area contributed by atoms with Gasteiger partial charge in [0.15, 0.2) is 0 Å². The molecule has 3 aliphatic rings. The van der Waals surface area contributed by atoms with Gasteiger partial charge in [-0.15, -0.1) is 0 Å². The molecular weight excluding hydrogens is 423 g/mol. The van der Waals surface area contributed by atoms with E-state index in [4.69, 9.17) is 4.74 Å². The Labute approximate surface area is 182 Å². The summed E-state index contributed by atoms with van der Waals surface area (Å²) in [6.45, 7) is 1.51. The predicted molar refractivity (Wildman–Crippen MR) is 110 cm³/mol. The Hall–Kier alpha value is -2.90. The van der Waals surface area contributed by atoms with Crippen LogP contribution in [-0.2, 0) is 9.53 Å². The molecule has 7 nitrogen and oxygen atoms in total. The fourth-order valence-corrected chi connectivity index (χ4v) is 5.25. The standard InChI is InChI=1S/C22H22F3N5O2/c23-22(24,25)21-11-20(21,19(31)29-9-15-10-32-7-6-27-15)12-30(13-21)17-4-3-14(8-26)18-16(17)2-1-5-28-18/h1-5,15,27H,6-7,9-13H2,(H,29,31)/t15-,20?,21?/m1/s1. The maximum atomic E-state index is 14.2. The zero-order chi connectivity index (χ0) is 22.6. The number of nitriles is 1. The Morgan fingerprint density at radius 3 is 2.94 bits per heavy atom. The lowest BCUT2D eigenvalue weighted by atomic mass is 9.94. The summed E-state index contributed by atoms with van der Waals surface area (Å²) in [5, 5.41) is 15.9. The molecule has 1 aromatic carbocycles. The van der Waals surface area contributed by atoms with Crippen LogP contribution in [0.25, 0.3) is 10.9 Å². The molecule has 2 saturated heterocycles. The molecule has 2 unspecified atom stereocenters. The molecule has 3 heterocycles. The van der Waals surface area contributed by atoms with E-state index in [1.54, 1.807) is 35.4 Å². The van der Waals surface area contributed by atoms with Crippen LogP contribution < -0.4 is 15.5 Å². The van der Waals surface area contributed by atoms with Crippen LogP contribution in [0.4, 0.5) is 18.9 Å². The number of pyridine rings is 1. The SMILES string of the molecule is N#Cc1ccc(N2CC3(C(=O)NC[C@@H]4COCCN4)CC3(C(F)(F)F)C2)c2cccnc12. The van der Waals surface area contributed by atoms with E-state index in [1.165, 1.54) is 0 Å². The highest BCUT2D eigenvalue weighted by Crippen LogP contribution is 2.75. The number of benzene rings is 1. The van der Waals surface area contributed by atoms with E-state index in [0.717, 1.165) is 0 Å². The van der Waals surface area contributed by atoms with Gasteiger partial charge in [0.25, 0.3) is 0 Å². The van der Waals surface area contributed by atoms with E-state index >= 15 is 0 Å². The van der Waals surface area contributed by atoms with Crippen molar-refractivity contribution in [2.24, 2.45) is 10.8 Å². The van der Waals surface area contributed by atoms with E-state index in [0.29, 0.717) is 41.9 Å². The molecule has 32 heavy (non-hydrogen) atoms. The van der Waals surface area contributed by atoms with Gasteiger partial charge < -0.3 is 20.3 Å². The Morgan fingerprint density at radius 1 is 1.38 bits per heavy atom. The number of carbonyl (C=O) groups excluding carboxylic acids is 1. The lowest BCUT2D eigenvalue weighted by molar-refractivity contribution is -0.191. The average Bonchev–Trinajstić information content (AvgIpc) is 3.35. The van der Waals surface area contributed by atoms with Crippen LogP contribution in [0.2, 0.25) is 0 Å². The number of anilines is 1. The monoisotopic (exact) mass is 445 g/mol. The van der Waals surface area contributed by atoms with Crippen molar-refractivity contribution in [3.05, 3.63) is 36.0 Å². The third-order valence-electron chi connectivity index (χ3n) is 7.01. The van der Waals surface area contributed by atoms with E-state index in [9.17, 15) is 23.2 Å². The fourth-order valence-electron chi connectivity index (χ4n) is 5.25. The molecule has 0 spiro atoms. The Morgan fingerprint density at radius 2 is 2.22 bits per heavy atom. The van der Waals surface area contributed by atoms with Crippen molar-refractivity contribution >= 4 is 22.5 Å². The quantitative estimate of drug-likeness (QED) is 0.748. The predicted octanol–water partition coefficient (Wildman–Crippen LogP) is 1.97. The lowest BCUT2D eigenvalue weighted by Gasteiger charge is -2.26. The largest absolute Gasteiger partial charge is 0.397 e. The summed E-state index contributed by atoms with van der Waals surface area (Å²) in [5.41, 5.74) is -2.26. The maximum absolute atomic E-state index is 14.2. The van der Waals surface area contributed by atoms with Gasteiger partial charge in [-0.25, -0.2) is 0 Å². The summed E-state index contributed by atoms with van der Waals surface area (Å²) in [5.74, 6) is -0.569. The minimum Gasteiger partial charge on any atom is -0.378 e. The van der Waals surface area contributed by atoms with Crippen LogP contribution >= 0.6 is 0 Å². The number of rotatable bonds is 4. The molecule has 1 saturated carbocycles. The molecular formula is C22H22F3N5O2. The van der Waals surface area contributed by atoms with Gasteiger partial charge in [0, 0.05) is 49.5 Å². The van der Waals surface area contributed by atoms with Crippen molar-refractivity contribution < 1.29 is 22.7 Å². The van der Waals surface area contributed by atoms with Gasteiger partial charge in [0.05, 0.1) is 29.7 Å². The van der Waals surface area contributed by atoms with Gasteiger partial charge in [0.2, 0.25) is 5.91 Å². The van der Waals surface area contributed by atoms with Crippen molar-refractivity contribution in [3.63, 3.8) is 0 Å². The second-order valence-electron chi connectivity index (χ2n) is 8.77. The molecule has 1 amide bonds. The van der Waals surface area contributed by atoms with E-state index in [-0.39, 0.29) is 32.1 Å². The maximum Gasteiger partial charge on any atom is 0.397 e. The van der Waals surface area contributed by atoms with Crippen molar-refractivity contribution in [2.75, 3.05) is 44.3 Å². The molecule has 5 rings (SSSR count). The lowest BCUT2D eigenvalue weighted by Crippen LogP contribution is -2.50. The summed E-state index contributed by atoms with van der Waals surface area (Å²) in [6.07, 6.45) is -3.18. The van der Waals surface area contributed by atoms with Crippen molar-refractivity contribution in [2.45, 2.75) is 18.6 Å². The van der Waals surface area contributed by atoms with Gasteiger partial charge in [-0.1, -0.05) is 0 Å². The number of fused-ring (bicyclic) bond motifs is 2. The first-order chi connectivity index (χ1) is 15.3. The third-order valence-corrected chi connectivity index (χ3v) is 7.01. The van der Waals surface area contributed by atoms with Gasteiger partial charge >= 0.3 is 6.18 Å². The van der Waals surface area contributed by atoms with Crippen molar-refractivity contribution in [1.29, 1.82) is 5.26 Å². The zero-order valence-corrected chi connectivity index (χ0v) is 17.2. The molecule has 2 aromatic rings. The molecule has 3 fully saturated rings. The van der Waals surface area contributed by atoms with Crippen LogP contribution in [0.15, 0.2) is 30.5 Å². The zero-order valence-electron chi connectivity index (χ0n) is 17.2. The van der Waals surface area contributed by atoms with Crippen LogP contribution in [0.3, 0.4) is 0 Å². The normalized spacial score (nSPS) is 29.4. The topological polar surface area (TPSA) is 90.3 Å². The summed E-state index contributed by atoms with van der Waals surface area (Å²) < 4.78 is 48.0. The highest BCUT2D eigenvalue weighted by atomic mass is 19.4. The van der Waals surface area contributed by atoms with Gasteiger partial charge in [-0.05, 0) is 30.7 Å². The third kappa shape index (κ3) is 3.03. The first kappa shape index (κ1) is 21.0. The number of halogens is 3. The summed E-state index contributed by atoms with van der Waals surface area (Å²) in [6, 6.07) is 8.59. The number of nitrogens with zero attached hydrogens (tertiary/aromatic N) is 3. The molecule has 10 heteroatoms. The highest BCUT2D eigenvalue weighted by Gasteiger charge is 2.86. The molecule has 0 bridgehead atoms.